The van der Waals surface area contributed by atoms with E-state index in [1.807, 2.05) is 6.07 Å². The van der Waals surface area contributed by atoms with E-state index >= 15 is 0 Å². The van der Waals surface area contributed by atoms with Gasteiger partial charge in [0.15, 0.2) is 5.78 Å². The summed E-state index contributed by atoms with van der Waals surface area (Å²) in [5.74, 6) is -0.843. The average Bonchev–Trinajstić information content (AvgIpc) is 2.46. The fraction of sp³-hybridized carbons (Fsp3) is 0.0714. The van der Waals surface area contributed by atoms with Crippen LogP contribution in [0, 0.1) is 0 Å². The molecule has 1 aromatic carbocycles. The summed E-state index contributed by atoms with van der Waals surface area (Å²) in [4.78, 5) is 26.6. The Hall–Kier alpha value is -2.14. The van der Waals surface area contributed by atoms with Gasteiger partial charge in [0.1, 0.15) is 5.69 Å². The summed E-state index contributed by atoms with van der Waals surface area (Å²) in [7, 11) is 0. The quantitative estimate of drug-likeness (QED) is 0.670. The van der Waals surface area contributed by atoms with Crippen LogP contribution in [0.15, 0.2) is 53.6 Å². The van der Waals surface area contributed by atoms with E-state index in [9.17, 15) is 9.59 Å². The monoisotopic (exact) mass is 273 g/mol. The molecule has 1 aromatic heterocycles. The molecule has 0 spiro atoms. The van der Waals surface area contributed by atoms with Crippen molar-refractivity contribution in [3.8, 4) is 0 Å². The molecule has 0 unspecified atom stereocenters. The SMILES string of the molecule is O=C(CSc1cccc(C(=O)O)n1)c1ccccc1. The van der Waals surface area contributed by atoms with E-state index < -0.39 is 5.97 Å². The van der Waals surface area contributed by atoms with Crippen LogP contribution in [0.4, 0.5) is 0 Å². The molecule has 0 atom stereocenters. The van der Waals surface area contributed by atoms with Crippen molar-refractivity contribution in [3.05, 3.63) is 59.8 Å². The number of carbonyl (C=O) groups is 2. The van der Waals surface area contributed by atoms with E-state index in [2.05, 4.69) is 4.98 Å². The number of pyridine rings is 1. The van der Waals surface area contributed by atoms with E-state index in [0.29, 0.717) is 10.6 Å². The number of thioether (sulfide) groups is 1. The van der Waals surface area contributed by atoms with Crippen molar-refractivity contribution in [2.24, 2.45) is 0 Å². The Kier molecular flexibility index (Phi) is 4.30. The molecule has 4 nitrogen and oxygen atoms in total. The van der Waals surface area contributed by atoms with E-state index in [4.69, 9.17) is 5.11 Å². The second-order valence-corrected chi connectivity index (χ2v) is 4.74. The number of hydrogen-bond donors (Lipinski definition) is 1. The first kappa shape index (κ1) is 13.3. The Bertz CT molecular complexity index is 599. The van der Waals surface area contributed by atoms with Crippen LogP contribution in [0.2, 0.25) is 0 Å². The van der Waals surface area contributed by atoms with Crippen molar-refractivity contribution in [3.63, 3.8) is 0 Å². The number of nitrogens with zero attached hydrogens (tertiary/aromatic N) is 1. The minimum Gasteiger partial charge on any atom is -0.477 e. The lowest BCUT2D eigenvalue weighted by atomic mass is 10.2. The molecular formula is C14H11NO3S. The molecule has 2 rings (SSSR count). The summed E-state index contributed by atoms with van der Waals surface area (Å²) in [6, 6.07) is 13.7. The van der Waals surface area contributed by atoms with Crippen molar-refractivity contribution in [2.45, 2.75) is 5.03 Å². The zero-order valence-corrected chi connectivity index (χ0v) is 10.8. The number of carboxylic acids is 1. The number of aromatic carboxylic acids is 1. The summed E-state index contributed by atoms with van der Waals surface area (Å²) in [6.45, 7) is 0. The van der Waals surface area contributed by atoms with Gasteiger partial charge in [0, 0.05) is 5.56 Å². The third-order valence-electron chi connectivity index (χ3n) is 2.39. The highest BCUT2D eigenvalue weighted by Gasteiger charge is 2.09. The minimum absolute atomic E-state index is 0.00636. The molecule has 0 saturated carbocycles. The second kappa shape index (κ2) is 6.15. The summed E-state index contributed by atoms with van der Waals surface area (Å²) in [5.41, 5.74) is 0.626. The summed E-state index contributed by atoms with van der Waals surface area (Å²) < 4.78 is 0. The van der Waals surface area contributed by atoms with Crippen LogP contribution in [-0.4, -0.2) is 27.6 Å². The highest BCUT2D eigenvalue weighted by atomic mass is 32.2. The predicted molar refractivity (Wildman–Crippen MR) is 72.7 cm³/mol. The molecule has 96 valence electrons. The number of ketones is 1. The molecule has 1 N–H and O–H groups in total. The van der Waals surface area contributed by atoms with Crippen molar-refractivity contribution < 1.29 is 14.7 Å². The number of benzene rings is 1. The molecule has 0 bridgehead atoms. The first-order valence-corrected chi connectivity index (χ1v) is 6.57. The van der Waals surface area contributed by atoms with Crippen LogP contribution in [0.25, 0.3) is 0 Å². The van der Waals surface area contributed by atoms with Crippen LogP contribution < -0.4 is 0 Å². The molecule has 0 aliphatic carbocycles. The second-order valence-electron chi connectivity index (χ2n) is 3.74. The summed E-state index contributed by atoms with van der Waals surface area (Å²) >= 11 is 1.23. The lowest BCUT2D eigenvalue weighted by Crippen LogP contribution is -2.04. The van der Waals surface area contributed by atoms with E-state index in [-0.39, 0.29) is 17.2 Å². The van der Waals surface area contributed by atoms with E-state index in [1.165, 1.54) is 17.8 Å². The molecule has 0 amide bonds. The van der Waals surface area contributed by atoms with Crippen LogP contribution in [-0.2, 0) is 0 Å². The van der Waals surface area contributed by atoms with Gasteiger partial charge < -0.3 is 5.11 Å². The van der Waals surface area contributed by atoms with Gasteiger partial charge in [0.25, 0.3) is 0 Å². The zero-order chi connectivity index (χ0) is 13.7. The highest BCUT2D eigenvalue weighted by molar-refractivity contribution is 7.99. The number of hydrogen-bond acceptors (Lipinski definition) is 4. The van der Waals surface area contributed by atoms with Crippen LogP contribution in [0.5, 0.6) is 0 Å². The Labute approximate surface area is 114 Å². The van der Waals surface area contributed by atoms with E-state index in [0.717, 1.165) is 0 Å². The third kappa shape index (κ3) is 3.66. The zero-order valence-electron chi connectivity index (χ0n) is 9.95. The van der Waals surface area contributed by atoms with Crippen molar-refractivity contribution in [2.75, 3.05) is 5.75 Å². The Morgan fingerprint density at radius 2 is 1.79 bits per heavy atom. The van der Waals surface area contributed by atoms with Gasteiger partial charge >= 0.3 is 5.97 Å². The number of carbonyl (C=O) groups excluding carboxylic acids is 1. The molecule has 0 radical (unpaired) electrons. The van der Waals surface area contributed by atoms with Crippen LogP contribution in [0.1, 0.15) is 20.8 Å². The maximum absolute atomic E-state index is 11.9. The molecule has 0 saturated heterocycles. The van der Waals surface area contributed by atoms with E-state index in [1.54, 1.807) is 36.4 Å². The molecule has 2 aromatic rings. The van der Waals surface area contributed by atoms with Gasteiger partial charge in [-0.25, -0.2) is 9.78 Å². The maximum atomic E-state index is 11.9. The summed E-state index contributed by atoms with van der Waals surface area (Å²) in [6.07, 6.45) is 0. The molecule has 0 aliphatic rings. The first-order valence-electron chi connectivity index (χ1n) is 5.58. The standard InChI is InChI=1S/C14H11NO3S/c16-12(10-5-2-1-3-6-10)9-19-13-8-4-7-11(15-13)14(17)18/h1-8H,9H2,(H,17,18). The number of rotatable bonds is 5. The fourth-order valence-corrected chi connectivity index (χ4v) is 2.24. The number of aromatic nitrogens is 1. The average molecular weight is 273 g/mol. The molecule has 1 heterocycles. The Morgan fingerprint density at radius 1 is 1.05 bits per heavy atom. The largest absolute Gasteiger partial charge is 0.477 e. The smallest absolute Gasteiger partial charge is 0.354 e. The highest BCUT2D eigenvalue weighted by Crippen LogP contribution is 2.17. The molecule has 19 heavy (non-hydrogen) atoms. The van der Waals surface area contributed by atoms with Crippen molar-refractivity contribution >= 4 is 23.5 Å². The van der Waals surface area contributed by atoms with Gasteiger partial charge in [0.2, 0.25) is 0 Å². The molecular weight excluding hydrogens is 262 g/mol. The van der Waals surface area contributed by atoms with Gasteiger partial charge in [0.05, 0.1) is 10.8 Å². The lowest BCUT2D eigenvalue weighted by Gasteiger charge is -2.02. The van der Waals surface area contributed by atoms with Crippen LogP contribution in [0.3, 0.4) is 0 Å². The topological polar surface area (TPSA) is 67.3 Å². The van der Waals surface area contributed by atoms with Gasteiger partial charge in [-0.15, -0.1) is 0 Å². The predicted octanol–water partition coefficient (Wildman–Crippen LogP) is 2.75. The number of carboxylic acid groups (broad SMARTS) is 1. The third-order valence-corrected chi connectivity index (χ3v) is 3.32. The molecule has 0 fully saturated rings. The van der Waals surface area contributed by atoms with Crippen molar-refractivity contribution in [1.29, 1.82) is 0 Å². The normalized spacial score (nSPS) is 10.1. The first-order chi connectivity index (χ1) is 9.16. The van der Waals surface area contributed by atoms with Crippen molar-refractivity contribution in [1.82, 2.24) is 4.98 Å². The van der Waals surface area contributed by atoms with Gasteiger partial charge in [-0.1, -0.05) is 48.2 Å². The number of Topliss-reactive ketones (excluding diaryl/α,β-unsaturated/α-hetero) is 1. The van der Waals surface area contributed by atoms with Gasteiger partial charge in [-0.2, -0.15) is 0 Å². The maximum Gasteiger partial charge on any atom is 0.354 e. The summed E-state index contributed by atoms with van der Waals surface area (Å²) in [5, 5.41) is 9.36. The Morgan fingerprint density at radius 3 is 2.47 bits per heavy atom. The van der Waals surface area contributed by atoms with Gasteiger partial charge in [-0.3, -0.25) is 4.79 Å². The fourth-order valence-electron chi connectivity index (χ4n) is 1.46. The lowest BCUT2D eigenvalue weighted by molar-refractivity contribution is 0.0689. The van der Waals surface area contributed by atoms with Gasteiger partial charge in [-0.05, 0) is 12.1 Å². The minimum atomic E-state index is -1.07. The molecule has 5 heteroatoms. The Balaban J connectivity index is 2.01. The molecule has 0 aliphatic heterocycles. The van der Waals surface area contributed by atoms with Crippen LogP contribution >= 0.6 is 11.8 Å².